The topological polar surface area (TPSA) is 52.1 Å². The molecule has 0 amide bonds. The summed E-state index contributed by atoms with van der Waals surface area (Å²) in [4.78, 5) is 19.9. The van der Waals surface area contributed by atoms with Crippen molar-refractivity contribution in [3.63, 3.8) is 0 Å². The summed E-state index contributed by atoms with van der Waals surface area (Å²) in [6.07, 6.45) is 2.25. The second-order valence-corrected chi connectivity index (χ2v) is 3.59. The van der Waals surface area contributed by atoms with Gasteiger partial charge in [-0.25, -0.2) is 4.98 Å². The van der Waals surface area contributed by atoms with Crippen LogP contribution in [0.15, 0.2) is 6.20 Å². The van der Waals surface area contributed by atoms with Crippen LogP contribution in [0.4, 0.5) is 0 Å². The first-order valence-electron chi connectivity index (χ1n) is 5.04. The van der Waals surface area contributed by atoms with E-state index >= 15 is 0 Å². The minimum atomic E-state index is -0.0349. The van der Waals surface area contributed by atoms with Gasteiger partial charge in [-0.3, -0.25) is 4.79 Å². The highest BCUT2D eigenvalue weighted by Crippen LogP contribution is 2.14. The molecule has 0 fully saturated rings. The molecule has 0 aliphatic heterocycles. The number of aryl methyl sites for hydroxylation is 1. The molecule has 15 heavy (non-hydrogen) atoms. The maximum absolute atomic E-state index is 11.8. The first-order valence-corrected chi connectivity index (χ1v) is 5.04. The van der Waals surface area contributed by atoms with Crippen molar-refractivity contribution < 1.29 is 9.53 Å². The smallest absolute Gasteiger partial charge is 0.316 e. The molecule has 0 bridgehead atoms. The standard InChI is InChI=1S/C11H16N2O2/c1-5-9-8(10(14)7(2)3)6-12-11(13-9)15-4/h6-7H,5H2,1-4H3. The lowest BCUT2D eigenvalue weighted by molar-refractivity contribution is 0.0937. The fraction of sp³-hybridized carbons (Fsp3) is 0.545. The predicted molar refractivity (Wildman–Crippen MR) is 57.1 cm³/mol. The Kier molecular flexibility index (Phi) is 3.77. The minimum Gasteiger partial charge on any atom is -0.467 e. The lowest BCUT2D eigenvalue weighted by Gasteiger charge is -2.08. The lowest BCUT2D eigenvalue weighted by atomic mass is 10.0. The molecule has 1 heterocycles. The van der Waals surface area contributed by atoms with E-state index in [1.165, 1.54) is 7.11 Å². The van der Waals surface area contributed by atoms with Gasteiger partial charge in [0.2, 0.25) is 0 Å². The van der Waals surface area contributed by atoms with Gasteiger partial charge in [0, 0.05) is 12.1 Å². The van der Waals surface area contributed by atoms with Crippen LogP contribution >= 0.6 is 0 Å². The van der Waals surface area contributed by atoms with Gasteiger partial charge in [0.05, 0.1) is 18.4 Å². The van der Waals surface area contributed by atoms with E-state index in [9.17, 15) is 4.79 Å². The average molecular weight is 208 g/mol. The molecule has 0 saturated heterocycles. The van der Waals surface area contributed by atoms with Crippen LogP contribution in [0.5, 0.6) is 6.01 Å². The van der Waals surface area contributed by atoms with E-state index in [0.29, 0.717) is 18.0 Å². The Labute approximate surface area is 89.7 Å². The number of carbonyl (C=O) groups excluding carboxylic acids is 1. The molecular formula is C11H16N2O2. The molecule has 0 saturated carbocycles. The van der Waals surface area contributed by atoms with E-state index in [-0.39, 0.29) is 11.7 Å². The first kappa shape index (κ1) is 11.6. The maximum atomic E-state index is 11.8. The third kappa shape index (κ3) is 2.52. The van der Waals surface area contributed by atoms with Gasteiger partial charge in [-0.1, -0.05) is 20.8 Å². The molecular weight excluding hydrogens is 192 g/mol. The van der Waals surface area contributed by atoms with Gasteiger partial charge in [0.1, 0.15) is 0 Å². The molecule has 1 aromatic rings. The third-order valence-electron chi connectivity index (χ3n) is 2.15. The van der Waals surface area contributed by atoms with Crippen molar-refractivity contribution in [2.45, 2.75) is 27.2 Å². The monoisotopic (exact) mass is 208 g/mol. The van der Waals surface area contributed by atoms with Crippen LogP contribution in [0.2, 0.25) is 0 Å². The van der Waals surface area contributed by atoms with Gasteiger partial charge >= 0.3 is 6.01 Å². The third-order valence-corrected chi connectivity index (χ3v) is 2.15. The van der Waals surface area contributed by atoms with Crippen molar-refractivity contribution in [1.29, 1.82) is 0 Å². The highest BCUT2D eigenvalue weighted by molar-refractivity contribution is 5.98. The summed E-state index contributed by atoms with van der Waals surface area (Å²) in [6.45, 7) is 5.69. The van der Waals surface area contributed by atoms with Gasteiger partial charge in [0.15, 0.2) is 5.78 Å². The SMILES string of the molecule is CCc1nc(OC)ncc1C(=O)C(C)C. The molecule has 0 atom stereocenters. The number of Topliss-reactive ketones (excluding diaryl/α,β-unsaturated/α-hetero) is 1. The number of hydrogen-bond acceptors (Lipinski definition) is 4. The van der Waals surface area contributed by atoms with Crippen molar-refractivity contribution in [1.82, 2.24) is 9.97 Å². The van der Waals surface area contributed by atoms with E-state index in [4.69, 9.17) is 4.74 Å². The molecule has 1 aromatic heterocycles. The summed E-state index contributed by atoms with van der Waals surface area (Å²) in [5.41, 5.74) is 1.36. The minimum absolute atomic E-state index is 0.0349. The molecule has 0 N–H and O–H groups in total. The molecule has 0 spiro atoms. The van der Waals surface area contributed by atoms with Crippen LogP contribution in [0.25, 0.3) is 0 Å². The Morgan fingerprint density at radius 2 is 2.20 bits per heavy atom. The maximum Gasteiger partial charge on any atom is 0.316 e. The zero-order valence-corrected chi connectivity index (χ0v) is 9.57. The fourth-order valence-corrected chi connectivity index (χ4v) is 1.28. The van der Waals surface area contributed by atoms with Gasteiger partial charge in [-0.2, -0.15) is 4.98 Å². The van der Waals surface area contributed by atoms with Crippen molar-refractivity contribution in [2.75, 3.05) is 7.11 Å². The summed E-state index contributed by atoms with van der Waals surface area (Å²) >= 11 is 0. The number of ketones is 1. The number of aromatic nitrogens is 2. The van der Waals surface area contributed by atoms with Gasteiger partial charge < -0.3 is 4.74 Å². The average Bonchev–Trinajstić information content (AvgIpc) is 2.27. The Bertz CT molecular complexity index is 362. The first-order chi connectivity index (χ1) is 7.10. The van der Waals surface area contributed by atoms with Crippen molar-refractivity contribution in [3.8, 4) is 6.01 Å². The molecule has 4 nitrogen and oxygen atoms in total. The van der Waals surface area contributed by atoms with E-state index in [1.54, 1.807) is 6.20 Å². The fourth-order valence-electron chi connectivity index (χ4n) is 1.28. The highest BCUT2D eigenvalue weighted by atomic mass is 16.5. The van der Waals surface area contributed by atoms with Crippen LogP contribution in [0.3, 0.4) is 0 Å². The van der Waals surface area contributed by atoms with Crippen LogP contribution < -0.4 is 4.74 Å². The van der Waals surface area contributed by atoms with Crippen LogP contribution in [0, 0.1) is 5.92 Å². The molecule has 0 aromatic carbocycles. The molecule has 82 valence electrons. The highest BCUT2D eigenvalue weighted by Gasteiger charge is 2.16. The van der Waals surface area contributed by atoms with Crippen LogP contribution in [-0.2, 0) is 6.42 Å². The summed E-state index contributed by atoms with van der Waals surface area (Å²) in [5.74, 6) is 0.0433. The Morgan fingerprint density at radius 3 is 2.67 bits per heavy atom. The molecule has 4 heteroatoms. The molecule has 0 aliphatic carbocycles. The van der Waals surface area contributed by atoms with E-state index in [2.05, 4.69) is 9.97 Å². The summed E-state index contributed by atoms with van der Waals surface area (Å²) in [6, 6.07) is 0.312. The van der Waals surface area contributed by atoms with Crippen molar-refractivity contribution in [3.05, 3.63) is 17.5 Å². The molecule has 0 aliphatic rings. The second kappa shape index (κ2) is 4.87. The number of hydrogen-bond donors (Lipinski definition) is 0. The number of methoxy groups -OCH3 is 1. The number of rotatable bonds is 4. The summed E-state index contributed by atoms with van der Waals surface area (Å²) in [5, 5.41) is 0. The molecule has 0 radical (unpaired) electrons. The van der Waals surface area contributed by atoms with Crippen LogP contribution in [0.1, 0.15) is 36.8 Å². The van der Waals surface area contributed by atoms with E-state index in [1.807, 2.05) is 20.8 Å². The van der Waals surface area contributed by atoms with Gasteiger partial charge in [-0.05, 0) is 6.42 Å². The van der Waals surface area contributed by atoms with Gasteiger partial charge in [0.25, 0.3) is 0 Å². The predicted octanol–water partition coefficient (Wildman–Crippen LogP) is 1.89. The Morgan fingerprint density at radius 1 is 1.53 bits per heavy atom. The molecule has 0 unspecified atom stereocenters. The quantitative estimate of drug-likeness (QED) is 0.709. The zero-order chi connectivity index (χ0) is 11.4. The number of carbonyl (C=O) groups is 1. The summed E-state index contributed by atoms with van der Waals surface area (Å²) < 4.78 is 4.92. The van der Waals surface area contributed by atoms with Gasteiger partial charge in [-0.15, -0.1) is 0 Å². The van der Waals surface area contributed by atoms with Crippen molar-refractivity contribution >= 4 is 5.78 Å². The molecule has 1 rings (SSSR count). The van der Waals surface area contributed by atoms with E-state index in [0.717, 1.165) is 5.69 Å². The Hall–Kier alpha value is -1.45. The largest absolute Gasteiger partial charge is 0.467 e. The summed E-state index contributed by atoms with van der Waals surface area (Å²) in [7, 11) is 1.51. The second-order valence-electron chi connectivity index (χ2n) is 3.59. The lowest BCUT2D eigenvalue weighted by Crippen LogP contribution is -2.12. The van der Waals surface area contributed by atoms with Crippen LogP contribution in [-0.4, -0.2) is 22.9 Å². The Balaban J connectivity index is 3.13. The normalized spacial score (nSPS) is 10.5. The van der Waals surface area contributed by atoms with Crippen molar-refractivity contribution in [2.24, 2.45) is 5.92 Å². The number of nitrogens with zero attached hydrogens (tertiary/aromatic N) is 2. The number of ether oxygens (including phenoxy) is 1. The van der Waals surface area contributed by atoms with E-state index < -0.39 is 0 Å². The zero-order valence-electron chi connectivity index (χ0n) is 9.57.